The third-order valence-electron chi connectivity index (χ3n) is 3.66. The van der Waals surface area contributed by atoms with Gasteiger partial charge in [-0.25, -0.2) is 8.42 Å². The Morgan fingerprint density at radius 3 is 2.75 bits per heavy atom. The largest absolute Gasteiger partial charge is 0.383 e. The maximum absolute atomic E-state index is 12.3. The first-order chi connectivity index (χ1) is 7.53. The summed E-state index contributed by atoms with van der Waals surface area (Å²) in [5.41, 5.74) is 1.84. The average Bonchev–Trinajstić information content (AvgIpc) is 2.96. The quantitative estimate of drug-likeness (QED) is 0.750. The van der Waals surface area contributed by atoms with Gasteiger partial charge < -0.3 is 5.32 Å². The second-order valence-electron chi connectivity index (χ2n) is 5.06. The Bertz CT molecular complexity index is 544. The molecule has 1 fully saturated rings. The maximum Gasteiger partial charge on any atom is 0.181 e. The lowest BCUT2D eigenvalue weighted by Crippen LogP contribution is -2.20. The van der Waals surface area contributed by atoms with Crippen LogP contribution in [0.15, 0.2) is 23.1 Å². The molecule has 0 aromatic heterocycles. The summed E-state index contributed by atoms with van der Waals surface area (Å²) in [5.74, 6) is 0.309. The van der Waals surface area contributed by atoms with E-state index in [4.69, 9.17) is 0 Å². The van der Waals surface area contributed by atoms with E-state index >= 15 is 0 Å². The van der Waals surface area contributed by atoms with Gasteiger partial charge in [0, 0.05) is 12.0 Å². The highest BCUT2D eigenvalue weighted by Gasteiger charge is 2.48. The number of anilines is 1. The number of para-hydroxylation sites is 1. The minimum Gasteiger partial charge on any atom is -0.383 e. The van der Waals surface area contributed by atoms with Crippen LogP contribution in [0.5, 0.6) is 0 Å². The first kappa shape index (κ1) is 10.1. The number of nitrogens with one attached hydrogen (secondary N) is 1. The van der Waals surface area contributed by atoms with Gasteiger partial charge in [-0.15, -0.1) is 0 Å². The van der Waals surface area contributed by atoms with Crippen molar-refractivity contribution in [3.05, 3.63) is 23.8 Å². The molecule has 16 heavy (non-hydrogen) atoms. The van der Waals surface area contributed by atoms with Crippen LogP contribution in [-0.4, -0.2) is 20.7 Å². The zero-order valence-electron chi connectivity index (χ0n) is 9.29. The van der Waals surface area contributed by atoms with Crippen LogP contribution < -0.4 is 5.32 Å². The highest BCUT2D eigenvalue weighted by molar-refractivity contribution is 7.91. The van der Waals surface area contributed by atoms with Crippen molar-refractivity contribution in [2.75, 3.05) is 17.6 Å². The van der Waals surface area contributed by atoms with E-state index in [9.17, 15) is 8.42 Å². The standard InChI is InChI=1S/C12H15NO2S/c1-9-3-2-4-10-11(9)13-7-12(5-6-12)8-16(10,14)15/h2-4,13H,5-8H2,1H3. The van der Waals surface area contributed by atoms with Crippen LogP contribution in [0.25, 0.3) is 0 Å². The molecule has 2 aliphatic rings. The summed E-state index contributed by atoms with van der Waals surface area (Å²) in [7, 11) is -3.11. The highest BCUT2D eigenvalue weighted by Crippen LogP contribution is 2.50. The number of rotatable bonds is 0. The van der Waals surface area contributed by atoms with E-state index in [1.54, 1.807) is 6.07 Å². The summed E-state index contributed by atoms with van der Waals surface area (Å²) in [5, 5.41) is 3.32. The molecular formula is C12H15NO2S. The maximum atomic E-state index is 12.3. The van der Waals surface area contributed by atoms with Gasteiger partial charge in [-0.2, -0.15) is 0 Å². The van der Waals surface area contributed by atoms with Gasteiger partial charge >= 0.3 is 0 Å². The molecule has 1 aliphatic carbocycles. The van der Waals surface area contributed by atoms with E-state index in [-0.39, 0.29) is 5.41 Å². The van der Waals surface area contributed by atoms with Crippen molar-refractivity contribution in [2.45, 2.75) is 24.7 Å². The van der Waals surface area contributed by atoms with Gasteiger partial charge in [0.15, 0.2) is 9.84 Å². The predicted octanol–water partition coefficient (Wildman–Crippen LogP) is 1.97. The number of aryl methyl sites for hydroxylation is 1. The van der Waals surface area contributed by atoms with Crippen molar-refractivity contribution in [1.29, 1.82) is 0 Å². The van der Waals surface area contributed by atoms with E-state index in [2.05, 4.69) is 5.32 Å². The summed E-state index contributed by atoms with van der Waals surface area (Å²) in [4.78, 5) is 0.483. The monoisotopic (exact) mass is 237 g/mol. The average molecular weight is 237 g/mol. The summed E-state index contributed by atoms with van der Waals surface area (Å²) >= 11 is 0. The zero-order valence-corrected chi connectivity index (χ0v) is 10.1. The van der Waals surface area contributed by atoms with E-state index < -0.39 is 9.84 Å². The van der Waals surface area contributed by atoms with E-state index in [0.29, 0.717) is 10.6 Å². The molecule has 1 aromatic carbocycles. The number of hydrogen-bond donors (Lipinski definition) is 1. The molecule has 3 nitrogen and oxygen atoms in total. The topological polar surface area (TPSA) is 46.2 Å². The first-order valence-electron chi connectivity index (χ1n) is 5.59. The Labute approximate surface area is 95.8 Å². The van der Waals surface area contributed by atoms with Gasteiger partial charge in [-0.05, 0) is 31.4 Å². The number of hydrogen-bond acceptors (Lipinski definition) is 3. The lowest BCUT2D eigenvalue weighted by Gasteiger charge is -2.11. The van der Waals surface area contributed by atoms with Crippen LogP contribution in [0.4, 0.5) is 5.69 Å². The summed E-state index contributed by atoms with van der Waals surface area (Å²) in [6.07, 6.45) is 2.07. The third-order valence-corrected chi connectivity index (χ3v) is 5.67. The second kappa shape index (κ2) is 3.00. The smallest absolute Gasteiger partial charge is 0.181 e. The highest BCUT2D eigenvalue weighted by atomic mass is 32.2. The molecule has 1 aliphatic heterocycles. The molecular weight excluding hydrogens is 222 g/mol. The van der Waals surface area contributed by atoms with Crippen LogP contribution in [0.2, 0.25) is 0 Å². The summed E-state index contributed by atoms with van der Waals surface area (Å²) < 4.78 is 24.5. The second-order valence-corrected chi connectivity index (χ2v) is 7.02. The molecule has 3 rings (SSSR count). The van der Waals surface area contributed by atoms with Crippen LogP contribution in [0, 0.1) is 12.3 Å². The fourth-order valence-corrected chi connectivity index (χ4v) is 4.61. The van der Waals surface area contributed by atoms with Crippen molar-refractivity contribution < 1.29 is 8.42 Å². The molecule has 4 heteroatoms. The molecule has 86 valence electrons. The molecule has 0 atom stereocenters. The number of fused-ring (bicyclic) bond motifs is 1. The Morgan fingerprint density at radius 1 is 1.31 bits per heavy atom. The van der Waals surface area contributed by atoms with Crippen LogP contribution in [0.3, 0.4) is 0 Å². The summed E-state index contributed by atoms with van der Waals surface area (Å²) in [6.45, 7) is 2.75. The first-order valence-corrected chi connectivity index (χ1v) is 7.24. The van der Waals surface area contributed by atoms with Crippen molar-refractivity contribution in [3.8, 4) is 0 Å². The number of benzene rings is 1. The van der Waals surface area contributed by atoms with Crippen molar-refractivity contribution >= 4 is 15.5 Å². The lowest BCUT2D eigenvalue weighted by atomic mass is 10.1. The van der Waals surface area contributed by atoms with Crippen LogP contribution in [-0.2, 0) is 9.84 Å². The van der Waals surface area contributed by atoms with Gasteiger partial charge in [0.05, 0.1) is 16.3 Å². The normalized spacial score (nSPS) is 24.3. The van der Waals surface area contributed by atoms with E-state index in [0.717, 1.165) is 30.6 Å². The van der Waals surface area contributed by atoms with Crippen LogP contribution >= 0.6 is 0 Å². The number of sulfone groups is 1. The predicted molar refractivity (Wildman–Crippen MR) is 63.4 cm³/mol. The molecule has 1 aromatic rings. The Morgan fingerprint density at radius 2 is 2.06 bits per heavy atom. The van der Waals surface area contributed by atoms with Crippen molar-refractivity contribution in [3.63, 3.8) is 0 Å². The van der Waals surface area contributed by atoms with Crippen LogP contribution in [0.1, 0.15) is 18.4 Å². The fraction of sp³-hybridized carbons (Fsp3) is 0.500. The third kappa shape index (κ3) is 1.44. The Hall–Kier alpha value is -1.03. The minimum absolute atomic E-state index is 0.0181. The van der Waals surface area contributed by atoms with Gasteiger partial charge in [-0.1, -0.05) is 12.1 Å². The van der Waals surface area contributed by atoms with Gasteiger partial charge in [-0.3, -0.25) is 0 Å². The van der Waals surface area contributed by atoms with Crippen molar-refractivity contribution in [1.82, 2.24) is 0 Å². The zero-order chi connectivity index (χ0) is 11.4. The van der Waals surface area contributed by atoms with Gasteiger partial charge in [0.25, 0.3) is 0 Å². The van der Waals surface area contributed by atoms with Gasteiger partial charge in [0.2, 0.25) is 0 Å². The molecule has 1 saturated carbocycles. The molecule has 0 radical (unpaired) electrons. The molecule has 1 heterocycles. The Kier molecular flexibility index (Phi) is 1.90. The molecule has 0 amide bonds. The molecule has 1 N–H and O–H groups in total. The lowest BCUT2D eigenvalue weighted by molar-refractivity contribution is 0.562. The van der Waals surface area contributed by atoms with Gasteiger partial charge in [0.1, 0.15) is 0 Å². The molecule has 0 bridgehead atoms. The summed E-state index contributed by atoms with van der Waals surface area (Å²) in [6, 6.07) is 5.48. The van der Waals surface area contributed by atoms with Crippen molar-refractivity contribution in [2.24, 2.45) is 5.41 Å². The molecule has 0 saturated heterocycles. The minimum atomic E-state index is -3.11. The van der Waals surface area contributed by atoms with E-state index in [1.165, 1.54) is 0 Å². The Balaban J connectivity index is 2.18. The molecule has 0 unspecified atom stereocenters. The SMILES string of the molecule is Cc1cccc2c1NCC1(CC1)CS2(=O)=O. The van der Waals surface area contributed by atoms with E-state index in [1.807, 2.05) is 19.1 Å². The fourth-order valence-electron chi connectivity index (χ4n) is 2.43. The molecule has 1 spiro atoms.